The van der Waals surface area contributed by atoms with Gasteiger partial charge >= 0.3 is 0 Å². The molecule has 0 aliphatic carbocycles. The van der Waals surface area contributed by atoms with Crippen molar-refractivity contribution in [2.45, 2.75) is 18.9 Å². The highest BCUT2D eigenvalue weighted by Crippen LogP contribution is 2.39. The molecular formula is C16H20N2O2S. The molecule has 3 rings (SSSR count). The molecule has 1 fully saturated rings. The molecule has 0 N–H and O–H groups in total. The fourth-order valence-electron chi connectivity index (χ4n) is 2.99. The van der Waals surface area contributed by atoms with Crippen molar-refractivity contribution in [2.24, 2.45) is 0 Å². The lowest BCUT2D eigenvalue weighted by Gasteiger charge is -2.18. The Morgan fingerprint density at radius 3 is 2.95 bits per heavy atom. The first-order valence-electron chi connectivity index (χ1n) is 7.13. The van der Waals surface area contributed by atoms with Gasteiger partial charge in [-0.05, 0) is 19.0 Å². The number of likely N-dealkylation sites (tertiary alicyclic amines) is 1. The molecule has 5 heteroatoms. The van der Waals surface area contributed by atoms with E-state index in [1.807, 2.05) is 23.7 Å². The fourth-order valence-corrected chi connectivity index (χ4v) is 3.64. The second-order valence-electron chi connectivity index (χ2n) is 5.23. The Morgan fingerprint density at radius 1 is 1.33 bits per heavy atom. The van der Waals surface area contributed by atoms with Gasteiger partial charge in [-0.2, -0.15) is 0 Å². The van der Waals surface area contributed by atoms with Gasteiger partial charge in [-0.15, -0.1) is 11.3 Å². The number of methoxy groups -OCH3 is 2. The molecule has 112 valence electrons. The Bertz CT molecular complexity index is 586. The third-order valence-corrected chi connectivity index (χ3v) is 4.75. The van der Waals surface area contributed by atoms with Gasteiger partial charge in [0.2, 0.25) is 0 Å². The van der Waals surface area contributed by atoms with Crippen LogP contribution in [0.15, 0.2) is 29.8 Å². The Kier molecular flexibility index (Phi) is 4.41. The molecule has 1 aliphatic heterocycles. The number of rotatable bonds is 5. The summed E-state index contributed by atoms with van der Waals surface area (Å²) in [5.74, 6) is 2.18. The SMILES string of the molecule is COc1cccc([C@H]2CCN(Cc3nccs3)C2)c1OC. The fraction of sp³-hybridized carbons (Fsp3) is 0.438. The molecule has 0 radical (unpaired) electrons. The van der Waals surface area contributed by atoms with E-state index in [4.69, 9.17) is 9.47 Å². The van der Waals surface area contributed by atoms with E-state index in [-0.39, 0.29) is 0 Å². The van der Waals surface area contributed by atoms with Gasteiger partial charge in [0.1, 0.15) is 5.01 Å². The van der Waals surface area contributed by atoms with Crippen LogP contribution >= 0.6 is 11.3 Å². The van der Waals surface area contributed by atoms with Crippen LogP contribution in [0.3, 0.4) is 0 Å². The molecule has 0 saturated carbocycles. The second-order valence-corrected chi connectivity index (χ2v) is 6.21. The number of nitrogens with zero attached hydrogens (tertiary/aromatic N) is 2. The van der Waals surface area contributed by atoms with Crippen molar-refractivity contribution in [2.75, 3.05) is 27.3 Å². The minimum Gasteiger partial charge on any atom is -0.493 e. The van der Waals surface area contributed by atoms with Gasteiger partial charge < -0.3 is 9.47 Å². The zero-order chi connectivity index (χ0) is 14.7. The maximum absolute atomic E-state index is 5.57. The van der Waals surface area contributed by atoms with Crippen LogP contribution in [0.1, 0.15) is 22.9 Å². The monoisotopic (exact) mass is 304 g/mol. The molecule has 1 aromatic heterocycles. The third kappa shape index (κ3) is 3.04. The number of hydrogen-bond donors (Lipinski definition) is 0. The molecule has 0 spiro atoms. The summed E-state index contributed by atoms with van der Waals surface area (Å²) in [6, 6.07) is 6.14. The number of benzene rings is 1. The van der Waals surface area contributed by atoms with E-state index in [1.165, 1.54) is 10.6 Å². The maximum atomic E-state index is 5.57. The molecule has 0 amide bonds. The van der Waals surface area contributed by atoms with Gasteiger partial charge in [0.25, 0.3) is 0 Å². The van der Waals surface area contributed by atoms with Gasteiger partial charge in [0.05, 0.1) is 20.8 Å². The van der Waals surface area contributed by atoms with Crippen LogP contribution in [-0.2, 0) is 6.54 Å². The predicted octanol–water partition coefficient (Wildman–Crippen LogP) is 3.15. The summed E-state index contributed by atoms with van der Waals surface area (Å²) >= 11 is 1.72. The second kappa shape index (κ2) is 6.45. The molecule has 1 aliphatic rings. The van der Waals surface area contributed by atoms with Crippen molar-refractivity contribution in [3.8, 4) is 11.5 Å². The van der Waals surface area contributed by atoms with Crippen LogP contribution in [0.5, 0.6) is 11.5 Å². The lowest BCUT2D eigenvalue weighted by Crippen LogP contribution is -2.19. The maximum Gasteiger partial charge on any atom is 0.164 e. The largest absolute Gasteiger partial charge is 0.493 e. The average Bonchev–Trinajstić information content (AvgIpc) is 3.18. The van der Waals surface area contributed by atoms with E-state index in [0.29, 0.717) is 5.92 Å². The normalized spacial score (nSPS) is 18.9. The summed E-state index contributed by atoms with van der Waals surface area (Å²) in [5, 5.41) is 3.22. The van der Waals surface area contributed by atoms with E-state index < -0.39 is 0 Å². The smallest absolute Gasteiger partial charge is 0.164 e. The number of thiazole rings is 1. The van der Waals surface area contributed by atoms with E-state index in [0.717, 1.165) is 37.6 Å². The number of hydrogen-bond acceptors (Lipinski definition) is 5. The van der Waals surface area contributed by atoms with Crippen molar-refractivity contribution < 1.29 is 9.47 Å². The van der Waals surface area contributed by atoms with E-state index in [2.05, 4.69) is 16.0 Å². The molecule has 1 atom stereocenters. The van der Waals surface area contributed by atoms with Crippen molar-refractivity contribution in [3.05, 3.63) is 40.3 Å². The van der Waals surface area contributed by atoms with Crippen LogP contribution in [0, 0.1) is 0 Å². The van der Waals surface area contributed by atoms with Gasteiger partial charge in [0, 0.05) is 29.6 Å². The Hall–Kier alpha value is -1.59. The zero-order valence-electron chi connectivity index (χ0n) is 12.4. The van der Waals surface area contributed by atoms with Crippen molar-refractivity contribution in [3.63, 3.8) is 0 Å². The summed E-state index contributed by atoms with van der Waals surface area (Å²) in [4.78, 5) is 6.83. The van der Waals surface area contributed by atoms with E-state index in [9.17, 15) is 0 Å². The van der Waals surface area contributed by atoms with Crippen molar-refractivity contribution in [1.82, 2.24) is 9.88 Å². The molecule has 2 aromatic rings. The van der Waals surface area contributed by atoms with Gasteiger partial charge in [-0.1, -0.05) is 12.1 Å². The average molecular weight is 304 g/mol. The summed E-state index contributed by atoms with van der Waals surface area (Å²) in [7, 11) is 3.40. The molecular weight excluding hydrogens is 284 g/mol. The molecule has 4 nitrogen and oxygen atoms in total. The molecule has 0 unspecified atom stereocenters. The third-order valence-electron chi connectivity index (χ3n) is 3.99. The molecule has 1 saturated heterocycles. The Morgan fingerprint density at radius 2 is 2.24 bits per heavy atom. The quantitative estimate of drug-likeness (QED) is 0.850. The lowest BCUT2D eigenvalue weighted by atomic mass is 9.97. The molecule has 0 bridgehead atoms. The highest BCUT2D eigenvalue weighted by Gasteiger charge is 2.27. The number of para-hydroxylation sites is 1. The van der Waals surface area contributed by atoms with Crippen LogP contribution in [0.4, 0.5) is 0 Å². The summed E-state index contributed by atoms with van der Waals surface area (Å²) in [6.07, 6.45) is 3.02. The van der Waals surface area contributed by atoms with Gasteiger partial charge in [-0.3, -0.25) is 4.90 Å². The summed E-state index contributed by atoms with van der Waals surface area (Å²) in [6.45, 7) is 3.09. The van der Waals surface area contributed by atoms with Gasteiger partial charge in [-0.25, -0.2) is 4.98 Å². The van der Waals surface area contributed by atoms with E-state index in [1.54, 1.807) is 25.6 Å². The summed E-state index contributed by atoms with van der Waals surface area (Å²) in [5.41, 5.74) is 1.25. The first kappa shape index (κ1) is 14.4. The van der Waals surface area contributed by atoms with Crippen molar-refractivity contribution >= 4 is 11.3 Å². The zero-order valence-corrected chi connectivity index (χ0v) is 13.2. The highest BCUT2D eigenvalue weighted by molar-refractivity contribution is 7.09. The van der Waals surface area contributed by atoms with Crippen LogP contribution in [-0.4, -0.2) is 37.2 Å². The van der Waals surface area contributed by atoms with Crippen LogP contribution in [0.25, 0.3) is 0 Å². The highest BCUT2D eigenvalue weighted by atomic mass is 32.1. The Balaban J connectivity index is 1.74. The molecule has 2 heterocycles. The molecule has 1 aromatic carbocycles. The minimum atomic E-state index is 0.495. The summed E-state index contributed by atoms with van der Waals surface area (Å²) < 4.78 is 11.0. The first-order chi connectivity index (χ1) is 10.3. The lowest BCUT2D eigenvalue weighted by molar-refractivity contribution is 0.322. The van der Waals surface area contributed by atoms with Crippen LogP contribution < -0.4 is 9.47 Å². The number of ether oxygens (including phenoxy) is 2. The van der Waals surface area contributed by atoms with Crippen LogP contribution in [0.2, 0.25) is 0 Å². The van der Waals surface area contributed by atoms with Gasteiger partial charge in [0.15, 0.2) is 11.5 Å². The minimum absolute atomic E-state index is 0.495. The van der Waals surface area contributed by atoms with Crippen molar-refractivity contribution in [1.29, 1.82) is 0 Å². The topological polar surface area (TPSA) is 34.6 Å². The first-order valence-corrected chi connectivity index (χ1v) is 8.01. The Labute approximate surface area is 129 Å². The predicted molar refractivity (Wildman–Crippen MR) is 84.3 cm³/mol. The molecule has 21 heavy (non-hydrogen) atoms. The van der Waals surface area contributed by atoms with E-state index >= 15 is 0 Å². The standard InChI is InChI=1S/C16H20N2O2S/c1-19-14-5-3-4-13(16(14)20-2)12-6-8-18(10-12)11-15-17-7-9-21-15/h3-5,7,9,12H,6,8,10-11H2,1-2H3/t12-/m0/s1. The number of aromatic nitrogens is 1.